The molecule has 0 radical (unpaired) electrons. The molecular weight excluding hydrogens is 413 g/mol. The van der Waals surface area contributed by atoms with Crippen LogP contribution >= 0.6 is 24.0 Å². The first-order valence-electron chi connectivity index (χ1n) is 9.49. The van der Waals surface area contributed by atoms with Crippen molar-refractivity contribution in [3.63, 3.8) is 0 Å². The second kappa shape index (κ2) is 9.53. The fourth-order valence-corrected chi connectivity index (χ4v) is 3.81. The van der Waals surface area contributed by atoms with Gasteiger partial charge < -0.3 is 19.6 Å². The van der Waals surface area contributed by atoms with Crippen molar-refractivity contribution >= 4 is 40.7 Å². The summed E-state index contributed by atoms with van der Waals surface area (Å²) in [5.74, 6) is 0.395. The van der Waals surface area contributed by atoms with Crippen LogP contribution in [0.4, 0.5) is 5.69 Å². The van der Waals surface area contributed by atoms with Crippen LogP contribution in [-0.2, 0) is 12.8 Å². The molecule has 0 fully saturated rings. The number of nitrogens with one attached hydrogen (secondary N) is 1. The summed E-state index contributed by atoms with van der Waals surface area (Å²) in [6.45, 7) is 0.415. The van der Waals surface area contributed by atoms with Gasteiger partial charge >= 0.3 is 5.63 Å². The second-order valence-electron chi connectivity index (χ2n) is 7.04. The number of hydrogen-bond donors (Lipinski definition) is 2. The third-order valence-corrected chi connectivity index (χ3v) is 5.32. The Morgan fingerprint density at radius 2 is 1.86 bits per heavy atom. The van der Waals surface area contributed by atoms with E-state index in [4.69, 9.17) is 20.8 Å². The zero-order valence-corrected chi connectivity index (χ0v) is 17.4. The van der Waals surface area contributed by atoms with Crippen LogP contribution in [-0.4, -0.2) is 24.4 Å². The van der Waals surface area contributed by atoms with Gasteiger partial charge in [-0.2, -0.15) is 0 Å². The van der Waals surface area contributed by atoms with Crippen LogP contribution < -0.4 is 15.7 Å². The summed E-state index contributed by atoms with van der Waals surface area (Å²) >= 11 is 6.40. The number of fused-ring (bicyclic) bond motifs is 3. The maximum Gasteiger partial charge on any atom is 0.339 e. The number of aliphatic hydroxyl groups is 1. The lowest BCUT2D eigenvalue weighted by atomic mass is 9.91. The standard InChI is InChI=1S/C22H22ClNO4.ClH/c23-19-10-18-16-8-4-5-9-17(16)22(26)28-20(18)11-21(19)27-13-15(25)12-24-14-6-2-1-3-7-14;/h1-3,6-7,10-11,15,24-25H,4-5,8-9,12-13H2;1H. The normalized spacial score (nSPS) is 14.0. The largest absolute Gasteiger partial charge is 0.489 e. The Morgan fingerprint density at radius 3 is 2.62 bits per heavy atom. The summed E-state index contributed by atoms with van der Waals surface area (Å²) in [5, 5.41) is 14.6. The Hall–Kier alpha value is -2.21. The summed E-state index contributed by atoms with van der Waals surface area (Å²) in [4.78, 5) is 12.3. The number of ether oxygens (including phenoxy) is 1. The van der Waals surface area contributed by atoms with Crippen molar-refractivity contribution < 1.29 is 14.3 Å². The van der Waals surface area contributed by atoms with Gasteiger partial charge in [-0.1, -0.05) is 29.8 Å². The van der Waals surface area contributed by atoms with E-state index in [2.05, 4.69) is 5.32 Å². The zero-order valence-electron chi connectivity index (χ0n) is 15.8. The Labute approximate surface area is 180 Å². The van der Waals surface area contributed by atoms with Crippen LogP contribution in [0.3, 0.4) is 0 Å². The topological polar surface area (TPSA) is 71.7 Å². The fraction of sp³-hybridized carbons (Fsp3) is 0.318. The van der Waals surface area contributed by atoms with E-state index in [1.165, 1.54) is 0 Å². The molecule has 29 heavy (non-hydrogen) atoms. The minimum atomic E-state index is -0.720. The predicted octanol–water partition coefficient (Wildman–Crippen LogP) is 4.60. The number of rotatable bonds is 6. The highest BCUT2D eigenvalue weighted by atomic mass is 35.5. The van der Waals surface area contributed by atoms with Gasteiger partial charge in [-0.15, -0.1) is 12.4 Å². The highest BCUT2D eigenvalue weighted by Crippen LogP contribution is 2.34. The lowest BCUT2D eigenvalue weighted by Crippen LogP contribution is -2.26. The highest BCUT2D eigenvalue weighted by Gasteiger charge is 2.19. The van der Waals surface area contributed by atoms with Crippen molar-refractivity contribution in [3.8, 4) is 5.75 Å². The molecule has 4 rings (SSSR count). The molecule has 2 N–H and O–H groups in total. The fourth-order valence-electron chi connectivity index (χ4n) is 3.59. The van der Waals surface area contributed by atoms with Crippen molar-refractivity contribution in [2.45, 2.75) is 31.8 Å². The van der Waals surface area contributed by atoms with Gasteiger partial charge in [-0.05, 0) is 49.4 Å². The van der Waals surface area contributed by atoms with Crippen LogP contribution in [0.15, 0.2) is 51.7 Å². The molecule has 0 bridgehead atoms. The maximum atomic E-state index is 12.3. The molecule has 1 heterocycles. The van der Waals surface area contributed by atoms with E-state index >= 15 is 0 Å². The molecule has 1 atom stereocenters. The number of aryl methyl sites for hydroxylation is 1. The minimum absolute atomic E-state index is 0. The summed E-state index contributed by atoms with van der Waals surface area (Å²) in [6.07, 6.45) is 2.96. The Kier molecular flexibility index (Phi) is 7.06. The van der Waals surface area contributed by atoms with E-state index in [1.807, 2.05) is 30.3 Å². The van der Waals surface area contributed by atoms with Gasteiger partial charge in [0.1, 0.15) is 24.0 Å². The molecule has 0 spiro atoms. The van der Waals surface area contributed by atoms with Crippen LogP contribution in [0.2, 0.25) is 5.02 Å². The number of para-hydroxylation sites is 1. The smallest absolute Gasteiger partial charge is 0.339 e. The molecule has 5 nitrogen and oxygen atoms in total. The third-order valence-electron chi connectivity index (χ3n) is 5.02. The van der Waals surface area contributed by atoms with E-state index in [0.29, 0.717) is 22.9 Å². The van der Waals surface area contributed by atoms with E-state index in [0.717, 1.165) is 47.9 Å². The molecule has 0 aliphatic heterocycles. The molecule has 1 aliphatic rings. The Bertz CT molecular complexity index is 1040. The van der Waals surface area contributed by atoms with Crippen molar-refractivity contribution in [1.82, 2.24) is 0 Å². The monoisotopic (exact) mass is 435 g/mol. The van der Waals surface area contributed by atoms with E-state index in [9.17, 15) is 9.90 Å². The van der Waals surface area contributed by atoms with E-state index in [1.54, 1.807) is 12.1 Å². The quantitative estimate of drug-likeness (QED) is 0.553. The molecular formula is C22H23Cl2NO4. The van der Waals surface area contributed by atoms with Crippen LogP contribution in [0.1, 0.15) is 24.0 Å². The third kappa shape index (κ3) is 4.86. The van der Waals surface area contributed by atoms with Gasteiger partial charge in [0.15, 0.2) is 0 Å². The lowest BCUT2D eigenvalue weighted by molar-refractivity contribution is 0.117. The molecule has 0 amide bonds. The molecule has 0 saturated heterocycles. The van der Waals surface area contributed by atoms with E-state index < -0.39 is 6.10 Å². The van der Waals surface area contributed by atoms with Gasteiger partial charge in [-0.3, -0.25) is 0 Å². The Balaban J connectivity index is 0.00000240. The van der Waals surface area contributed by atoms with Crippen molar-refractivity contribution in [1.29, 1.82) is 0 Å². The number of benzene rings is 2. The van der Waals surface area contributed by atoms with Crippen LogP contribution in [0.25, 0.3) is 11.0 Å². The number of anilines is 1. The van der Waals surface area contributed by atoms with Crippen molar-refractivity contribution in [2.75, 3.05) is 18.5 Å². The summed E-state index contributed by atoms with van der Waals surface area (Å²) < 4.78 is 11.2. The van der Waals surface area contributed by atoms with Gasteiger partial charge in [-0.25, -0.2) is 4.79 Å². The van der Waals surface area contributed by atoms with Crippen LogP contribution in [0.5, 0.6) is 5.75 Å². The number of halogens is 2. The molecule has 1 aliphatic carbocycles. The highest BCUT2D eigenvalue weighted by molar-refractivity contribution is 6.32. The lowest BCUT2D eigenvalue weighted by Gasteiger charge is -2.18. The number of hydrogen-bond acceptors (Lipinski definition) is 5. The number of aliphatic hydroxyl groups excluding tert-OH is 1. The van der Waals surface area contributed by atoms with Gasteiger partial charge in [0.05, 0.1) is 5.02 Å². The first-order valence-corrected chi connectivity index (χ1v) is 9.87. The molecule has 154 valence electrons. The molecule has 3 aromatic rings. The molecule has 2 aromatic carbocycles. The SMILES string of the molecule is Cl.O=c1oc2cc(OCC(O)CNc3ccccc3)c(Cl)cc2c2c1CCCC2. The van der Waals surface area contributed by atoms with Gasteiger partial charge in [0.25, 0.3) is 0 Å². The van der Waals surface area contributed by atoms with Crippen molar-refractivity contribution in [3.05, 3.63) is 69.0 Å². The maximum absolute atomic E-state index is 12.3. The average Bonchev–Trinajstić information content (AvgIpc) is 2.72. The zero-order chi connectivity index (χ0) is 19.5. The Morgan fingerprint density at radius 1 is 1.14 bits per heavy atom. The summed E-state index contributed by atoms with van der Waals surface area (Å²) in [6, 6.07) is 13.1. The predicted molar refractivity (Wildman–Crippen MR) is 118 cm³/mol. The summed E-state index contributed by atoms with van der Waals surface area (Å²) in [5.41, 5.74) is 2.94. The molecule has 0 saturated carbocycles. The van der Waals surface area contributed by atoms with Gasteiger partial charge in [0, 0.05) is 29.2 Å². The molecule has 1 aromatic heterocycles. The molecule has 1 unspecified atom stereocenters. The minimum Gasteiger partial charge on any atom is -0.489 e. The first-order chi connectivity index (χ1) is 13.6. The van der Waals surface area contributed by atoms with E-state index in [-0.39, 0.29) is 24.6 Å². The van der Waals surface area contributed by atoms with Crippen molar-refractivity contribution in [2.24, 2.45) is 0 Å². The average molecular weight is 436 g/mol. The molecule has 7 heteroatoms. The second-order valence-corrected chi connectivity index (χ2v) is 7.45. The summed E-state index contributed by atoms with van der Waals surface area (Å²) in [7, 11) is 0. The van der Waals surface area contributed by atoms with Crippen LogP contribution in [0, 0.1) is 0 Å². The van der Waals surface area contributed by atoms with Gasteiger partial charge in [0.2, 0.25) is 0 Å². The first kappa shape index (κ1) is 21.5.